The van der Waals surface area contributed by atoms with Gasteiger partial charge in [-0.25, -0.2) is 18.1 Å². The van der Waals surface area contributed by atoms with Gasteiger partial charge in [-0.1, -0.05) is 29.8 Å². The van der Waals surface area contributed by atoms with E-state index in [0.717, 1.165) is 4.31 Å². The number of hydrogen-bond acceptors (Lipinski definition) is 6. The van der Waals surface area contributed by atoms with E-state index >= 15 is 0 Å². The molecule has 0 aliphatic rings. The Balaban J connectivity index is 0.00000400. The zero-order valence-electron chi connectivity index (χ0n) is 20.9. The van der Waals surface area contributed by atoms with Gasteiger partial charge in [0.25, 0.3) is 21.5 Å². The maximum absolute atomic E-state index is 13.6. The van der Waals surface area contributed by atoms with E-state index in [4.69, 9.17) is 16.3 Å². The number of carbonyl (C=O) groups is 1. The molecule has 0 fully saturated rings. The van der Waals surface area contributed by atoms with Crippen LogP contribution in [0.5, 0.6) is 5.88 Å². The van der Waals surface area contributed by atoms with Gasteiger partial charge in [0, 0.05) is 25.7 Å². The van der Waals surface area contributed by atoms with Crippen LogP contribution in [0.4, 0.5) is 11.4 Å². The molecular formula is C25H25Cl2N5O5S. The first-order valence-electron chi connectivity index (χ1n) is 11.0. The molecule has 2 aromatic heterocycles. The number of sulfonamides is 1. The van der Waals surface area contributed by atoms with E-state index in [0.29, 0.717) is 22.9 Å². The normalized spacial score (nSPS) is 11.0. The number of hydrogen-bond donors (Lipinski definition) is 1. The summed E-state index contributed by atoms with van der Waals surface area (Å²) in [7, 11) is 0.0926. The van der Waals surface area contributed by atoms with Gasteiger partial charge in [0.15, 0.2) is 0 Å². The molecule has 38 heavy (non-hydrogen) atoms. The number of rotatable bonds is 7. The Morgan fingerprint density at radius 3 is 2.39 bits per heavy atom. The van der Waals surface area contributed by atoms with Crippen LogP contribution in [0.3, 0.4) is 0 Å². The largest absolute Gasteiger partial charge is 0.481 e. The molecule has 10 nitrogen and oxygen atoms in total. The minimum atomic E-state index is -4.33. The predicted molar refractivity (Wildman–Crippen MR) is 149 cm³/mol. The lowest BCUT2D eigenvalue weighted by Gasteiger charge is -2.19. The molecule has 200 valence electrons. The van der Waals surface area contributed by atoms with E-state index in [9.17, 15) is 18.0 Å². The summed E-state index contributed by atoms with van der Waals surface area (Å²) in [6.07, 6.45) is 1.41. The Kier molecular flexibility index (Phi) is 8.55. The van der Waals surface area contributed by atoms with Gasteiger partial charge in [0.05, 0.1) is 35.4 Å². The summed E-state index contributed by atoms with van der Waals surface area (Å²) < 4.78 is 36.1. The lowest BCUT2D eigenvalue weighted by atomic mass is 10.2. The van der Waals surface area contributed by atoms with Crippen molar-refractivity contribution in [2.45, 2.75) is 11.8 Å². The minimum absolute atomic E-state index is 0. The van der Waals surface area contributed by atoms with Crippen LogP contribution in [-0.4, -0.2) is 42.8 Å². The monoisotopic (exact) mass is 577 g/mol. The Morgan fingerprint density at radius 1 is 1.11 bits per heavy atom. The Labute approximate surface area is 230 Å². The number of para-hydroxylation sites is 1. The number of anilines is 2. The lowest BCUT2D eigenvalue weighted by molar-refractivity contribution is 0.102. The highest BCUT2D eigenvalue weighted by Gasteiger charge is 2.31. The Hall–Kier alpha value is -3.80. The molecule has 1 amide bonds. The number of aromatic nitrogens is 3. The van der Waals surface area contributed by atoms with Crippen LogP contribution < -0.4 is 19.9 Å². The smallest absolute Gasteiger partial charge is 0.296 e. The lowest BCUT2D eigenvalue weighted by Crippen LogP contribution is -2.32. The van der Waals surface area contributed by atoms with Gasteiger partial charge >= 0.3 is 0 Å². The Morgan fingerprint density at radius 2 is 1.79 bits per heavy atom. The number of ether oxygens (including phenoxy) is 1. The van der Waals surface area contributed by atoms with Crippen molar-refractivity contribution in [1.29, 1.82) is 0 Å². The van der Waals surface area contributed by atoms with Gasteiger partial charge in [-0.05, 0) is 43.3 Å². The van der Waals surface area contributed by atoms with E-state index in [1.54, 1.807) is 55.1 Å². The molecule has 4 rings (SSSR count). The van der Waals surface area contributed by atoms with Crippen LogP contribution in [0, 0.1) is 6.92 Å². The average molecular weight is 578 g/mol. The second-order valence-electron chi connectivity index (χ2n) is 8.07. The molecular weight excluding hydrogens is 553 g/mol. The third-order valence-corrected chi connectivity index (χ3v) is 8.11. The highest BCUT2D eigenvalue weighted by Crippen LogP contribution is 2.29. The molecule has 0 aliphatic heterocycles. The standard InChI is InChI=1S/C25H24ClN5O5S.ClH/c1-16-23(25(33)31(29(16)2)19-8-6-5-7-9-19)30(3)37(34,35)21-14-17(10-12-20(21)26)24(32)28-18-11-13-22(36-4)27-15-18;/h5-15H,1-4H3,(H,28,32);1H. The highest BCUT2D eigenvalue weighted by molar-refractivity contribution is 7.93. The summed E-state index contributed by atoms with van der Waals surface area (Å²) in [4.78, 5) is 29.9. The molecule has 0 atom stereocenters. The molecule has 2 aromatic carbocycles. The molecule has 0 bridgehead atoms. The van der Waals surface area contributed by atoms with Crippen LogP contribution in [0.1, 0.15) is 16.1 Å². The zero-order chi connectivity index (χ0) is 26.9. The van der Waals surface area contributed by atoms with Crippen molar-refractivity contribution in [3.63, 3.8) is 0 Å². The van der Waals surface area contributed by atoms with Crippen molar-refractivity contribution in [1.82, 2.24) is 14.3 Å². The number of nitrogens with zero attached hydrogens (tertiary/aromatic N) is 4. The minimum Gasteiger partial charge on any atom is -0.481 e. The molecule has 0 saturated carbocycles. The number of carbonyl (C=O) groups excluding carboxylic acids is 1. The molecule has 13 heteroatoms. The number of amides is 1. The van der Waals surface area contributed by atoms with Gasteiger partial charge < -0.3 is 10.1 Å². The van der Waals surface area contributed by atoms with E-state index in [-0.39, 0.29) is 33.6 Å². The molecule has 0 radical (unpaired) electrons. The number of pyridine rings is 1. The molecule has 0 saturated heterocycles. The highest BCUT2D eigenvalue weighted by atomic mass is 35.5. The molecule has 4 aromatic rings. The van der Waals surface area contributed by atoms with E-state index in [1.807, 2.05) is 6.07 Å². The average Bonchev–Trinajstić information content (AvgIpc) is 3.11. The number of halogens is 2. The van der Waals surface area contributed by atoms with Crippen LogP contribution in [0.15, 0.2) is 76.6 Å². The fraction of sp³-hybridized carbons (Fsp3) is 0.160. The molecule has 1 N–H and O–H groups in total. The van der Waals surface area contributed by atoms with Crippen LogP contribution in [-0.2, 0) is 17.1 Å². The summed E-state index contributed by atoms with van der Waals surface area (Å²) in [6, 6.07) is 16.0. The molecule has 2 heterocycles. The van der Waals surface area contributed by atoms with Crippen LogP contribution in [0.25, 0.3) is 5.69 Å². The summed E-state index contributed by atoms with van der Waals surface area (Å²) in [5.41, 5.74) is 0.898. The molecule has 0 aliphatic carbocycles. The second-order valence-corrected chi connectivity index (χ2v) is 10.4. The Bertz CT molecular complexity index is 1640. The first kappa shape index (κ1) is 28.8. The van der Waals surface area contributed by atoms with Crippen molar-refractivity contribution in [3.05, 3.63) is 93.5 Å². The number of methoxy groups -OCH3 is 1. The SMILES string of the molecule is COc1ccc(NC(=O)c2ccc(Cl)c(S(=O)(=O)N(C)c3c(C)n(C)n(-c4ccccc4)c3=O)c2)cn1.Cl. The summed E-state index contributed by atoms with van der Waals surface area (Å²) in [6.45, 7) is 1.65. The van der Waals surface area contributed by atoms with Gasteiger partial charge in [0.1, 0.15) is 10.6 Å². The van der Waals surface area contributed by atoms with Crippen molar-refractivity contribution in [2.75, 3.05) is 23.8 Å². The third kappa shape index (κ3) is 5.26. The van der Waals surface area contributed by atoms with Crippen molar-refractivity contribution < 1.29 is 17.9 Å². The number of nitrogens with one attached hydrogen (secondary N) is 1. The van der Waals surface area contributed by atoms with E-state index in [1.165, 1.54) is 43.2 Å². The zero-order valence-corrected chi connectivity index (χ0v) is 23.3. The van der Waals surface area contributed by atoms with Gasteiger partial charge in [-0.3, -0.25) is 18.6 Å². The van der Waals surface area contributed by atoms with Crippen LogP contribution >= 0.6 is 24.0 Å². The van der Waals surface area contributed by atoms with E-state index in [2.05, 4.69) is 10.3 Å². The van der Waals surface area contributed by atoms with Gasteiger partial charge in [0.2, 0.25) is 5.88 Å². The van der Waals surface area contributed by atoms with E-state index < -0.39 is 21.5 Å². The fourth-order valence-electron chi connectivity index (χ4n) is 3.80. The third-order valence-electron chi connectivity index (χ3n) is 5.87. The van der Waals surface area contributed by atoms with Crippen LogP contribution in [0.2, 0.25) is 5.02 Å². The van der Waals surface area contributed by atoms with Crippen molar-refractivity contribution in [3.8, 4) is 11.6 Å². The summed E-state index contributed by atoms with van der Waals surface area (Å²) >= 11 is 6.27. The molecule has 0 unspecified atom stereocenters. The maximum atomic E-state index is 13.6. The quantitative estimate of drug-likeness (QED) is 0.354. The topological polar surface area (TPSA) is 116 Å². The summed E-state index contributed by atoms with van der Waals surface area (Å²) in [5.74, 6) is -0.187. The number of benzene rings is 2. The second kappa shape index (κ2) is 11.3. The first-order valence-corrected chi connectivity index (χ1v) is 12.8. The van der Waals surface area contributed by atoms with Gasteiger partial charge in [-0.15, -0.1) is 12.4 Å². The van der Waals surface area contributed by atoms with Gasteiger partial charge in [-0.2, -0.15) is 0 Å². The maximum Gasteiger partial charge on any atom is 0.296 e. The van der Waals surface area contributed by atoms with Crippen molar-refractivity contribution >= 4 is 51.3 Å². The fourth-order valence-corrected chi connectivity index (χ4v) is 5.55. The summed E-state index contributed by atoms with van der Waals surface area (Å²) in [5, 5.41) is 2.56. The molecule has 0 spiro atoms. The predicted octanol–water partition coefficient (Wildman–Crippen LogP) is 4.04. The first-order chi connectivity index (χ1) is 17.6. The van der Waals surface area contributed by atoms with Crippen molar-refractivity contribution in [2.24, 2.45) is 7.05 Å².